The quantitative estimate of drug-likeness (QED) is 0.460. The summed E-state index contributed by atoms with van der Waals surface area (Å²) in [6.45, 7) is 1.44. The van der Waals surface area contributed by atoms with Gasteiger partial charge >= 0.3 is 5.97 Å². The number of carbonyl (C=O) groups is 2. The third-order valence-electron chi connectivity index (χ3n) is 3.34. The van der Waals surface area contributed by atoms with Crippen molar-refractivity contribution in [1.82, 2.24) is 0 Å². The molecule has 0 unspecified atom stereocenters. The number of hydrogen-bond donors (Lipinski definition) is 0. The van der Waals surface area contributed by atoms with E-state index in [9.17, 15) is 14.0 Å². The van der Waals surface area contributed by atoms with E-state index in [0.29, 0.717) is 22.4 Å². The first kappa shape index (κ1) is 17.4. The normalized spacial score (nSPS) is 10.6. The minimum Gasteiger partial charge on any atom is -0.496 e. The Morgan fingerprint density at radius 3 is 2.46 bits per heavy atom. The maximum atomic E-state index is 12.8. The maximum Gasteiger partial charge on any atom is 0.331 e. The van der Waals surface area contributed by atoms with Crippen LogP contribution in [-0.4, -0.2) is 18.9 Å². The molecular weight excluding hydrogens is 311 g/mol. The number of Topliss-reactive ketones (excluding diaryl/α,β-unsaturated/α-hetero) is 1. The lowest BCUT2D eigenvalue weighted by molar-refractivity contribution is -0.138. The topological polar surface area (TPSA) is 52.6 Å². The molecule has 0 aliphatic heterocycles. The van der Waals surface area contributed by atoms with Crippen LogP contribution in [-0.2, 0) is 16.1 Å². The number of rotatable bonds is 6. The number of ketones is 1. The molecule has 0 N–H and O–H groups in total. The molecule has 0 fully saturated rings. The number of ether oxygens (including phenoxy) is 2. The summed E-state index contributed by atoms with van der Waals surface area (Å²) in [6, 6.07) is 10.7. The summed E-state index contributed by atoms with van der Waals surface area (Å²) in [4.78, 5) is 23.2. The van der Waals surface area contributed by atoms with Crippen LogP contribution >= 0.6 is 0 Å². The van der Waals surface area contributed by atoms with Crippen molar-refractivity contribution >= 4 is 17.8 Å². The average Bonchev–Trinajstić information content (AvgIpc) is 2.59. The van der Waals surface area contributed by atoms with Crippen molar-refractivity contribution in [2.24, 2.45) is 0 Å². The minimum absolute atomic E-state index is 0.0170. The SMILES string of the molecule is COc1ccc(C(C)=O)cc1COC(=O)/C=C/c1ccc(F)cc1. The van der Waals surface area contributed by atoms with Crippen molar-refractivity contribution in [2.75, 3.05) is 7.11 Å². The highest BCUT2D eigenvalue weighted by atomic mass is 19.1. The van der Waals surface area contributed by atoms with Gasteiger partial charge in [-0.2, -0.15) is 0 Å². The molecule has 0 aromatic heterocycles. The van der Waals surface area contributed by atoms with Gasteiger partial charge in [-0.25, -0.2) is 9.18 Å². The molecule has 5 heteroatoms. The number of methoxy groups -OCH3 is 1. The van der Waals surface area contributed by atoms with E-state index in [1.54, 1.807) is 30.3 Å². The minimum atomic E-state index is -0.547. The Morgan fingerprint density at radius 1 is 1.12 bits per heavy atom. The smallest absolute Gasteiger partial charge is 0.331 e. The van der Waals surface area contributed by atoms with Crippen molar-refractivity contribution in [2.45, 2.75) is 13.5 Å². The summed E-state index contributed by atoms with van der Waals surface area (Å²) in [6.07, 6.45) is 2.79. The standard InChI is InChI=1S/C19H17FO4/c1-13(21)15-6-9-18(23-2)16(11-15)12-24-19(22)10-5-14-3-7-17(20)8-4-14/h3-11H,12H2,1-2H3/b10-5+. The molecule has 2 aromatic rings. The van der Waals surface area contributed by atoms with E-state index in [-0.39, 0.29) is 18.2 Å². The second kappa shape index (κ2) is 8.06. The van der Waals surface area contributed by atoms with Gasteiger partial charge in [0.25, 0.3) is 0 Å². The molecular formula is C19H17FO4. The second-order valence-electron chi connectivity index (χ2n) is 5.08. The fourth-order valence-electron chi connectivity index (χ4n) is 2.05. The van der Waals surface area contributed by atoms with E-state index in [0.717, 1.165) is 0 Å². The van der Waals surface area contributed by atoms with Gasteiger partial charge in [0.05, 0.1) is 7.11 Å². The molecule has 0 aliphatic carbocycles. The summed E-state index contributed by atoms with van der Waals surface area (Å²) < 4.78 is 23.2. The van der Waals surface area contributed by atoms with Gasteiger partial charge in [0.15, 0.2) is 5.78 Å². The Hall–Kier alpha value is -2.95. The number of carbonyl (C=O) groups excluding carboxylic acids is 2. The molecule has 0 saturated carbocycles. The van der Waals surface area contributed by atoms with Crippen molar-refractivity contribution < 1.29 is 23.5 Å². The Balaban J connectivity index is 2.01. The van der Waals surface area contributed by atoms with Crippen LogP contribution in [0.4, 0.5) is 4.39 Å². The molecule has 0 heterocycles. The number of hydrogen-bond acceptors (Lipinski definition) is 4. The third kappa shape index (κ3) is 4.78. The van der Waals surface area contributed by atoms with Crippen molar-refractivity contribution in [3.05, 3.63) is 71.0 Å². The summed E-state index contributed by atoms with van der Waals surface area (Å²) in [7, 11) is 1.50. The van der Waals surface area contributed by atoms with E-state index >= 15 is 0 Å². The van der Waals surface area contributed by atoms with E-state index in [1.165, 1.54) is 38.3 Å². The van der Waals surface area contributed by atoms with Crippen LogP contribution < -0.4 is 4.74 Å². The number of esters is 1. The summed E-state index contributed by atoms with van der Waals surface area (Å²) in [5.74, 6) is -0.432. The Kier molecular flexibility index (Phi) is 5.84. The monoisotopic (exact) mass is 328 g/mol. The molecule has 0 saturated heterocycles. The second-order valence-corrected chi connectivity index (χ2v) is 5.08. The van der Waals surface area contributed by atoms with Crippen LogP contribution in [0.25, 0.3) is 6.08 Å². The highest BCUT2D eigenvalue weighted by molar-refractivity contribution is 5.94. The molecule has 0 bridgehead atoms. The zero-order chi connectivity index (χ0) is 17.5. The summed E-state index contributed by atoms with van der Waals surface area (Å²) in [5, 5.41) is 0. The van der Waals surface area contributed by atoms with Gasteiger partial charge in [-0.15, -0.1) is 0 Å². The molecule has 0 radical (unpaired) electrons. The van der Waals surface area contributed by atoms with Gasteiger partial charge in [0.2, 0.25) is 0 Å². The van der Waals surface area contributed by atoms with Crippen molar-refractivity contribution in [3.63, 3.8) is 0 Å². The fourth-order valence-corrected chi connectivity index (χ4v) is 2.05. The number of benzene rings is 2. The molecule has 0 atom stereocenters. The lowest BCUT2D eigenvalue weighted by Gasteiger charge is -2.09. The number of halogens is 1. The molecule has 0 amide bonds. The zero-order valence-electron chi connectivity index (χ0n) is 13.4. The van der Waals surface area contributed by atoms with Crippen LogP contribution in [0.5, 0.6) is 5.75 Å². The van der Waals surface area contributed by atoms with Crippen LogP contribution in [0.15, 0.2) is 48.5 Å². The molecule has 0 spiro atoms. The summed E-state index contributed by atoms with van der Waals surface area (Å²) >= 11 is 0. The van der Waals surface area contributed by atoms with Crippen LogP contribution in [0.2, 0.25) is 0 Å². The molecule has 0 aliphatic rings. The predicted octanol–water partition coefficient (Wildman–Crippen LogP) is 3.79. The van der Waals surface area contributed by atoms with E-state index < -0.39 is 5.97 Å². The largest absolute Gasteiger partial charge is 0.496 e. The van der Waals surface area contributed by atoms with E-state index in [1.807, 2.05) is 0 Å². The fraction of sp³-hybridized carbons (Fsp3) is 0.158. The van der Waals surface area contributed by atoms with Gasteiger partial charge in [-0.3, -0.25) is 4.79 Å². The van der Waals surface area contributed by atoms with Gasteiger partial charge in [0.1, 0.15) is 18.2 Å². The summed E-state index contributed by atoms with van der Waals surface area (Å²) in [5.41, 5.74) is 1.81. The van der Waals surface area contributed by atoms with Crippen LogP contribution in [0.1, 0.15) is 28.4 Å². The molecule has 4 nitrogen and oxygen atoms in total. The Morgan fingerprint density at radius 2 is 1.83 bits per heavy atom. The van der Waals surface area contributed by atoms with Gasteiger partial charge < -0.3 is 9.47 Å². The first-order chi connectivity index (χ1) is 11.5. The van der Waals surface area contributed by atoms with Crippen molar-refractivity contribution in [3.8, 4) is 5.75 Å². The lowest BCUT2D eigenvalue weighted by atomic mass is 10.1. The Labute approximate surface area is 139 Å². The first-order valence-electron chi connectivity index (χ1n) is 7.28. The van der Waals surface area contributed by atoms with Gasteiger partial charge in [-0.05, 0) is 48.9 Å². The van der Waals surface area contributed by atoms with Crippen LogP contribution in [0.3, 0.4) is 0 Å². The predicted molar refractivity (Wildman–Crippen MR) is 88.2 cm³/mol. The van der Waals surface area contributed by atoms with Crippen LogP contribution in [0, 0.1) is 5.82 Å². The third-order valence-corrected chi connectivity index (χ3v) is 3.34. The molecule has 2 rings (SSSR count). The van der Waals surface area contributed by atoms with Crippen molar-refractivity contribution in [1.29, 1.82) is 0 Å². The van der Waals surface area contributed by atoms with E-state index in [4.69, 9.17) is 9.47 Å². The first-order valence-corrected chi connectivity index (χ1v) is 7.28. The Bertz CT molecular complexity index is 763. The molecule has 2 aromatic carbocycles. The maximum absolute atomic E-state index is 12.8. The molecule has 124 valence electrons. The average molecular weight is 328 g/mol. The highest BCUT2D eigenvalue weighted by Crippen LogP contribution is 2.21. The van der Waals surface area contributed by atoms with Gasteiger partial charge in [-0.1, -0.05) is 12.1 Å². The molecule has 24 heavy (non-hydrogen) atoms. The van der Waals surface area contributed by atoms with Gasteiger partial charge in [0, 0.05) is 17.2 Å². The van der Waals surface area contributed by atoms with E-state index in [2.05, 4.69) is 0 Å². The zero-order valence-corrected chi connectivity index (χ0v) is 13.4. The highest BCUT2D eigenvalue weighted by Gasteiger charge is 2.09. The lowest BCUT2D eigenvalue weighted by Crippen LogP contribution is -2.04.